The number of carbonyl (C=O) groups is 2. The van der Waals surface area contributed by atoms with E-state index >= 15 is 0 Å². The molecule has 1 saturated heterocycles. The molecular formula is C15H18N2O3. The number of hydrogen-bond donors (Lipinski definition) is 1. The zero-order valence-electron chi connectivity index (χ0n) is 11.3. The summed E-state index contributed by atoms with van der Waals surface area (Å²) in [4.78, 5) is 25.5. The Morgan fingerprint density at radius 3 is 3.00 bits per heavy atom. The molecule has 2 aliphatic heterocycles. The van der Waals surface area contributed by atoms with Gasteiger partial charge in [0, 0.05) is 25.1 Å². The largest absolute Gasteiger partial charge is 0.493 e. The van der Waals surface area contributed by atoms with Crippen LogP contribution < -0.4 is 10.5 Å². The number of piperidine rings is 1. The molecule has 0 unspecified atom stereocenters. The van der Waals surface area contributed by atoms with E-state index in [1.807, 2.05) is 12.1 Å². The van der Waals surface area contributed by atoms with Gasteiger partial charge in [-0.25, -0.2) is 0 Å². The van der Waals surface area contributed by atoms with Crippen molar-refractivity contribution in [2.75, 3.05) is 19.7 Å². The number of likely N-dealkylation sites (tertiary alicyclic amines) is 1. The third-order valence-corrected chi connectivity index (χ3v) is 4.05. The van der Waals surface area contributed by atoms with E-state index in [9.17, 15) is 9.59 Å². The van der Waals surface area contributed by atoms with Gasteiger partial charge in [-0.15, -0.1) is 0 Å². The molecule has 2 aliphatic rings. The zero-order chi connectivity index (χ0) is 14.1. The lowest BCUT2D eigenvalue weighted by Gasteiger charge is -2.31. The Morgan fingerprint density at radius 1 is 1.35 bits per heavy atom. The predicted molar refractivity (Wildman–Crippen MR) is 73.5 cm³/mol. The SMILES string of the molecule is NC(=O)[C@@H]1CCCN(C(=O)c2ccc3c(c2)CCO3)C1. The number of hydrogen-bond acceptors (Lipinski definition) is 3. The Bertz CT molecular complexity index is 556. The van der Waals surface area contributed by atoms with Crippen LogP contribution in [0.2, 0.25) is 0 Å². The van der Waals surface area contributed by atoms with Crippen LogP contribution in [-0.2, 0) is 11.2 Å². The molecule has 2 amide bonds. The smallest absolute Gasteiger partial charge is 0.253 e. The highest BCUT2D eigenvalue weighted by Gasteiger charge is 2.28. The number of carbonyl (C=O) groups excluding carboxylic acids is 2. The minimum Gasteiger partial charge on any atom is -0.493 e. The molecule has 1 aromatic rings. The van der Waals surface area contributed by atoms with Gasteiger partial charge in [-0.05, 0) is 36.6 Å². The molecule has 0 spiro atoms. The fourth-order valence-corrected chi connectivity index (χ4v) is 2.90. The molecule has 1 fully saturated rings. The second-order valence-corrected chi connectivity index (χ2v) is 5.41. The molecule has 0 saturated carbocycles. The monoisotopic (exact) mass is 274 g/mol. The van der Waals surface area contributed by atoms with Crippen LogP contribution in [0.1, 0.15) is 28.8 Å². The van der Waals surface area contributed by atoms with Crippen LogP contribution in [0.15, 0.2) is 18.2 Å². The van der Waals surface area contributed by atoms with Crippen LogP contribution >= 0.6 is 0 Å². The molecule has 0 radical (unpaired) electrons. The average molecular weight is 274 g/mol. The second kappa shape index (κ2) is 5.15. The van der Waals surface area contributed by atoms with E-state index in [-0.39, 0.29) is 17.7 Å². The van der Waals surface area contributed by atoms with Crippen molar-refractivity contribution in [3.05, 3.63) is 29.3 Å². The van der Waals surface area contributed by atoms with E-state index in [0.717, 1.165) is 30.6 Å². The Morgan fingerprint density at radius 2 is 2.20 bits per heavy atom. The third-order valence-electron chi connectivity index (χ3n) is 4.05. The molecule has 1 atom stereocenters. The van der Waals surface area contributed by atoms with E-state index in [1.54, 1.807) is 11.0 Å². The van der Waals surface area contributed by atoms with Crippen LogP contribution in [0.5, 0.6) is 5.75 Å². The van der Waals surface area contributed by atoms with Gasteiger partial charge in [0.05, 0.1) is 12.5 Å². The number of nitrogens with two attached hydrogens (primary N) is 1. The molecule has 5 heteroatoms. The first kappa shape index (κ1) is 13.0. The predicted octanol–water partition coefficient (Wildman–Crippen LogP) is 0.959. The summed E-state index contributed by atoms with van der Waals surface area (Å²) in [5, 5.41) is 0. The fraction of sp³-hybridized carbons (Fsp3) is 0.467. The van der Waals surface area contributed by atoms with E-state index < -0.39 is 0 Å². The standard InChI is InChI=1S/C15H18N2O3/c16-14(18)12-2-1-6-17(9-12)15(19)11-3-4-13-10(8-11)5-7-20-13/h3-4,8,12H,1-2,5-7,9H2,(H2,16,18)/t12-/m1/s1. The molecule has 2 N–H and O–H groups in total. The van der Waals surface area contributed by atoms with Crippen LogP contribution in [-0.4, -0.2) is 36.4 Å². The van der Waals surface area contributed by atoms with Gasteiger partial charge in [0.15, 0.2) is 0 Å². The lowest BCUT2D eigenvalue weighted by Crippen LogP contribution is -2.44. The number of ether oxygens (including phenoxy) is 1. The van der Waals surface area contributed by atoms with E-state index in [0.29, 0.717) is 25.3 Å². The first-order valence-corrected chi connectivity index (χ1v) is 6.99. The number of fused-ring (bicyclic) bond motifs is 1. The number of primary amides is 1. The first-order valence-electron chi connectivity index (χ1n) is 6.99. The first-order chi connectivity index (χ1) is 9.65. The molecular weight excluding hydrogens is 256 g/mol. The van der Waals surface area contributed by atoms with E-state index in [4.69, 9.17) is 10.5 Å². The molecule has 3 rings (SSSR count). The molecule has 2 heterocycles. The zero-order valence-corrected chi connectivity index (χ0v) is 11.3. The van der Waals surface area contributed by atoms with Gasteiger partial charge < -0.3 is 15.4 Å². The van der Waals surface area contributed by atoms with Crippen molar-refractivity contribution in [3.63, 3.8) is 0 Å². The molecule has 106 valence electrons. The Hall–Kier alpha value is -2.04. The highest BCUT2D eigenvalue weighted by molar-refractivity contribution is 5.95. The molecule has 0 bridgehead atoms. The van der Waals surface area contributed by atoms with Gasteiger partial charge in [0.25, 0.3) is 5.91 Å². The van der Waals surface area contributed by atoms with Gasteiger partial charge in [-0.2, -0.15) is 0 Å². The highest BCUT2D eigenvalue weighted by Crippen LogP contribution is 2.27. The van der Waals surface area contributed by atoms with Crippen LogP contribution in [0, 0.1) is 5.92 Å². The summed E-state index contributed by atoms with van der Waals surface area (Å²) in [6.45, 7) is 1.80. The maximum atomic E-state index is 12.5. The van der Waals surface area contributed by atoms with Crippen molar-refractivity contribution in [3.8, 4) is 5.75 Å². The summed E-state index contributed by atoms with van der Waals surface area (Å²) < 4.78 is 5.44. The third kappa shape index (κ3) is 2.35. The van der Waals surface area contributed by atoms with Gasteiger partial charge in [0.1, 0.15) is 5.75 Å². The van der Waals surface area contributed by atoms with E-state index in [2.05, 4.69) is 0 Å². The quantitative estimate of drug-likeness (QED) is 0.873. The average Bonchev–Trinajstić information content (AvgIpc) is 2.94. The number of nitrogens with zero attached hydrogens (tertiary/aromatic N) is 1. The highest BCUT2D eigenvalue weighted by atomic mass is 16.5. The second-order valence-electron chi connectivity index (χ2n) is 5.41. The summed E-state index contributed by atoms with van der Waals surface area (Å²) in [5.41, 5.74) is 7.10. The summed E-state index contributed by atoms with van der Waals surface area (Å²) in [6.07, 6.45) is 2.45. The lowest BCUT2D eigenvalue weighted by molar-refractivity contribution is -0.123. The minimum atomic E-state index is -0.315. The topological polar surface area (TPSA) is 72.6 Å². The lowest BCUT2D eigenvalue weighted by atomic mass is 9.96. The van der Waals surface area contributed by atoms with Gasteiger partial charge in [-0.1, -0.05) is 0 Å². The van der Waals surface area contributed by atoms with Crippen molar-refractivity contribution in [2.45, 2.75) is 19.3 Å². The van der Waals surface area contributed by atoms with E-state index in [1.165, 1.54) is 0 Å². The number of rotatable bonds is 2. The molecule has 5 nitrogen and oxygen atoms in total. The van der Waals surface area contributed by atoms with Crippen molar-refractivity contribution in [1.29, 1.82) is 0 Å². The van der Waals surface area contributed by atoms with Crippen LogP contribution in [0.25, 0.3) is 0 Å². The normalized spacial score (nSPS) is 21.2. The van der Waals surface area contributed by atoms with Crippen LogP contribution in [0.4, 0.5) is 0 Å². The Kier molecular flexibility index (Phi) is 3.34. The summed E-state index contributed by atoms with van der Waals surface area (Å²) in [7, 11) is 0. The van der Waals surface area contributed by atoms with Gasteiger partial charge in [0.2, 0.25) is 5.91 Å². The summed E-state index contributed by atoms with van der Waals surface area (Å²) >= 11 is 0. The maximum Gasteiger partial charge on any atom is 0.253 e. The fourth-order valence-electron chi connectivity index (χ4n) is 2.90. The Labute approximate surface area is 117 Å². The maximum absolute atomic E-state index is 12.5. The molecule has 1 aromatic carbocycles. The van der Waals surface area contributed by atoms with Gasteiger partial charge >= 0.3 is 0 Å². The minimum absolute atomic E-state index is 0.0225. The van der Waals surface area contributed by atoms with Crippen molar-refractivity contribution >= 4 is 11.8 Å². The van der Waals surface area contributed by atoms with Crippen molar-refractivity contribution in [1.82, 2.24) is 4.90 Å². The van der Waals surface area contributed by atoms with Crippen molar-refractivity contribution < 1.29 is 14.3 Å². The molecule has 0 aromatic heterocycles. The molecule has 20 heavy (non-hydrogen) atoms. The number of amides is 2. The summed E-state index contributed by atoms with van der Waals surface area (Å²) in [5.74, 6) is 0.316. The van der Waals surface area contributed by atoms with Crippen molar-refractivity contribution in [2.24, 2.45) is 11.7 Å². The van der Waals surface area contributed by atoms with Gasteiger partial charge in [-0.3, -0.25) is 9.59 Å². The summed E-state index contributed by atoms with van der Waals surface area (Å²) in [6, 6.07) is 5.55. The number of benzene rings is 1. The Balaban J connectivity index is 1.76. The molecule has 0 aliphatic carbocycles. The van der Waals surface area contributed by atoms with Crippen LogP contribution in [0.3, 0.4) is 0 Å².